The maximum absolute atomic E-state index is 11.8. The lowest BCUT2D eigenvalue weighted by molar-refractivity contribution is 0.0350. The Morgan fingerprint density at radius 1 is 1.33 bits per heavy atom. The van der Waals surface area contributed by atoms with Crippen LogP contribution in [0.1, 0.15) is 30.9 Å². The third-order valence-electron chi connectivity index (χ3n) is 4.40. The van der Waals surface area contributed by atoms with Crippen molar-refractivity contribution in [3.63, 3.8) is 0 Å². The maximum Gasteiger partial charge on any atom is 0.252 e. The molecule has 3 rings (SSSR count). The van der Waals surface area contributed by atoms with Crippen LogP contribution in [0.25, 0.3) is 0 Å². The van der Waals surface area contributed by atoms with Crippen LogP contribution in [0.5, 0.6) is 0 Å². The molecule has 0 spiro atoms. The van der Waals surface area contributed by atoms with Crippen molar-refractivity contribution >= 4 is 11.6 Å². The smallest absolute Gasteiger partial charge is 0.252 e. The van der Waals surface area contributed by atoms with E-state index >= 15 is 0 Å². The largest absolute Gasteiger partial charge is 0.390 e. The van der Waals surface area contributed by atoms with E-state index in [-0.39, 0.29) is 5.56 Å². The first-order valence-electron chi connectivity index (χ1n) is 8.14. The number of aryl methyl sites for hydroxylation is 1. The van der Waals surface area contributed by atoms with Crippen LogP contribution in [0.3, 0.4) is 0 Å². The van der Waals surface area contributed by atoms with Crippen LogP contribution >= 0.6 is 0 Å². The number of H-pyrrole nitrogens is 1. The molecule has 3 N–H and O–H groups in total. The Morgan fingerprint density at radius 2 is 2.08 bits per heavy atom. The summed E-state index contributed by atoms with van der Waals surface area (Å²) in [5.41, 5.74) is 0.997. The third kappa shape index (κ3) is 3.91. The van der Waals surface area contributed by atoms with Crippen molar-refractivity contribution in [1.29, 1.82) is 0 Å². The SMILES string of the molecule is Cc1c[nH]c(=O)c(CNc2cc(N3CCC(C)(O)CC3)ncn2)c1. The van der Waals surface area contributed by atoms with Crippen molar-refractivity contribution in [2.75, 3.05) is 23.3 Å². The van der Waals surface area contributed by atoms with Crippen LogP contribution < -0.4 is 15.8 Å². The average Bonchev–Trinajstić information content (AvgIpc) is 2.56. The van der Waals surface area contributed by atoms with E-state index in [9.17, 15) is 9.90 Å². The number of aromatic nitrogens is 3. The number of hydrogen-bond donors (Lipinski definition) is 3. The molecular weight excluding hydrogens is 306 g/mol. The predicted molar refractivity (Wildman–Crippen MR) is 93.2 cm³/mol. The second-order valence-electron chi connectivity index (χ2n) is 6.63. The molecule has 0 radical (unpaired) electrons. The monoisotopic (exact) mass is 329 g/mol. The zero-order chi connectivity index (χ0) is 17.2. The highest BCUT2D eigenvalue weighted by Gasteiger charge is 2.27. The highest BCUT2D eigenvalue weighted by atomic mass is 16.3. The van der Waals surface area contributed by atoms with E-state index in [0.717, 1.165) is 37.3 Å². The molecule has 0 unspecified atom stereocenters. The molecular formula is C17H23N5O2. The Morgan fingerprint density at radius 3 is 2.83 bits per heavy atom. The van der Waals surface area contributed by atoms with Gasteiger partial charge >= 0.3 is 0 Å². The Balaban J connectivity index is 1.67. The summed E-state index contributed by atoms with van der Waals surface area (Å²) in [6, 6.07) is 3.74. The lowest BCUT2D eigenvalue weighted by Gasteiger charge is -2.36. The number of pyridine rings is 1. The fourth-order valence-electron chi connectivity index (χ4n) is 2.81. The molecule has 24 heavy (non-hydrogen) atoms. The Bertz CT molecular complexity index is 762. The number of piperidine rings is 1. The first kappa shape index (κ1) is 16.4. The number of anilines is 2. The molecule has 0 bridgehead atoms. The summed E-state index contributed by atoms with van der Waals surface area (Å²) in [5.74, 6) is 1.51. The summed E-state index contributed by atoms with van der Waals surface area (Å²) in [7, 11) is 0. The number of nitrogens with zero attached hydrogens (tertiary/aromatic N) is 3. The lowest BCUT2D eigenvalue weighted by Crippen LogP contribution is -2.42. The van der Waals surface area contributed by atoms with Gasteiger partial charge in [0, 0.05) is 37.5 Å². The molecule has 128 valence electrons. The van der Waals surface area contributed by atoms with Gasteiger partial charge in [0.25, 0.3) is 5.56 Å². The number of aliphatic hydroxyl groups is 1. The molecule has 1 fully saturated rings. The van der Waals surface area contributed by atoms with E-state index in [4.69, 9.17) is 0 Å². The van der Waals surface area contributed by atoms with E-state index in [0.29, 0.717) is 17.9 Å². The van der Waals surface area contributed by atoms with Crippen molar-refractivity contribution < 1.29 is 5.11 Å². The van der Waals surface area contributed by atoms with Gasteiger partial charge in [-0.3, -0.25) is 4.79 Å². The molecule has 0 atom stereocenters. The number of hydrogen-bond acceptors (Lipinski definition) is 6. The van der Waals surface area contributed by atoms with Crippen LogP contribution in [0.2, 0.25) is 0 Å². The quantitative estimate of drug-likeness (QED) is 0.786. The summed E-state index contributed by atoms with van der Waals surface area (Å²) in [5, 5.41) is 13.2. The summed E-state index contributed by atoms with van der Waals surface area (Å²) in [4.78, 5) is 25.2. The highest BCUT2D eigenvalue weighted by Crippen LogP contribution is 2.25. The fourth-order valence-corrected chi connectivity index (χ4v) is 2.81. The van der Waals surface area contributed by atoms with Crippen molar-refractivity contribution in [3.05, 3.63) is 46.1 Å². The van der Waals surface area contributed by atoms with Gasteiger partial charge in [-0.25, -0.2) is 9.97 Å². The zero-order valence-corrected chi connectivity index (χ0v) is 14.0. The average molecular weight is 329 g/mol. The second kappa shape index (κ2) is 6.60. The van der Waals surface area contributed by atoms with Gasteiger partial charge in [-0.05, 0) is 38.3 Å². The molecule has 0 aliphatic carbocycles. The molecule has 0 aromatic carbocycles. The van der Waals surface area contributed by atoms with Crippen molar-refractivity contribution in [2.45, 2.75) is 38.8 Å². The Labute approximate surface area is 140 Å². The normalized spacial score (nSPS) is 16.9. The molecule has 7 nitrogen and oxygen atoms in total. The Kier molecular flexibility index (Phi) is 4.53. The van der Waals surface area contributed by atoms with Gasteiger partial charge < -0.3 is 20.3 Å². The molecule has 1 saturated heterocycles. The van der Waals surface area contributed by atoms with Gasteiger partial charge in [0.1, 0.15) is 18.0 Å². The van der Waals surface area contributed by atoms with E-state index in [1.54, 1.807) is 6.20 Å². The van der Waals surface area contributed by atoms with Crippen LogP contribution in [0, 0.1) is 6.92 Å². The minimum absolute atomic E-state index is 0.0966. The van der Waals surface area contributed by atoms with Crippen molar-refractivity contribution in [1.82, 2.24) is 15.0 Å². The number of nitrogens with one attached hydrogen (secondary N) is 2. The van der Waals surface area contributed by atoms with E-state index in [2.05, 4.69) is 25.2 Å². The zero-order valence-electron chi connectivity index (χ0n) is 14.0. The summed E-state index contributed by atoms with van der Waals surface area (Å²) < 4.78 is 0. The van der Waals surface area contributed by atoms with Gasteiger partial charge in [-0.1, -0.05) is 0 Å². The third-order valence-corrected chi connectivity index (χ3v) is 4.40. The minimum Gasteiger partial charge on any atom is -0.390 e. The first-order chi connectivity index (χ1) is 11.4. The molecule has 7 heteroatoms. The van der Waals surface area contributed by atoms with Gasteiger partial charge in [0.05, 0.1) is 5.60 Å². The summed E-state index contributed by atoms with van der Waals surface area (Å²) >= 11 is 0. The van der Waals surface area contributed by atoms with Crippen LogP contribution in [0.4, 0.5) is 11.6 Å². The van der Waals surface area contributed by atoms with E-state index in [1.807, 2.05) is 26.0 Å². The molecule has 1 aliphatic rings. The van der Waals surface area contributed by atoms with Gasteiger partial charge in [-0.15, -0.1) is 0 Å². The lowest BCUT2D eigenvalue weighted by atomic mass is 9.94. The molecule has 1 aliphatic heterocycles. The number of rotatable bonds is 4. The van der Waals surface area contributed by atoms with E-state index < -0.39 is 5.60 Å². The highest BCUT2D eigenvalue weighted by molar-refractivity contribution is 5.49. The minimum atomic E-state index is -0.587. The van der Waals surface area contributed by atoms with Crippen molar-refractivity contribution in [2.24, 2.45) is 0 Å². The fraction of sp³-hybridized carbons (Fsp3) is 0.471. The maximum atomic E-state index is 11.8. The molecule has 2 aromatic rings. The molecule has 0 saturated carbocycles. The standard InChI is InChI=1S/C17H23N5O2/c1-12-7-13(16(23)19-9-12)10-18-14-8-15(21-11-20-14)22-5-3-17(2,24)4-6-22/h7-9,11,24H,3-6,10H2,1-2H3,(H,19,23)(H,18,20,21). The van der Waals surface area contributed by atoms with E-state index in [1.165, 1.54) is 6.33 Å². The van der Waals surface area contributed by atoms with Crippen LogP contribution in [-0.4, -0.2) is 38.7 Å². The van der Waals surface area contributed by atoms with Gasteiger partial charge in [0.15, 0.2) is 0 Å². The summed E-state index contributed by atoms with van der Waals surface area (Å²) in [6.07, 6.45) is 4.65. The van der Waals surface area contributed by atoms with Crippen LogP contribution in [-0.2, 0) is 6.54 Å². The number of aromatic amines is 1. The molecule has 2 aromatic heterocycles. The van der Waals surface area contributed by atoms with Crippen LogP contribution in [0.15, 0.2) is 29.5 Å². The topological polar surface area (TPSA) is 94.1 Å². The second-order valence-corrected chi connectivity index (χ2v) is 6.63. The molecule has 0 amide bonds. The molecule has 3 heterocycles. The summed E-state index contributed by atoms with van der Waals surface area (Å²) in [6.45, 7) is 5.74. The van der Waals surface area contributed by atoms with Gasteiger partial charge in [0.2, 0.25) is 0 Å². The van der Waals surface area contributed by atoms with Gasteiger partial charge in [-0.2, -0.15) is 0 Å². The Hall–Kier alpha value is -2.41. The predicted octanol–water partition coefficient (Wildman–Crippen LogP) is 1.44. The van der Waals surface area contributed by atoms with Crippen molar-refractivity contribution in [3.8, 4) is 0 Å². The first-order valence-corrected chi connectivity index (χ1v) is 8.14.